The maximum absolute atomic E-state index is 3.71. The molecule has 0 atom stereocenters. The summed E-state index contributed by atoms with van der Waals surface area (Å²) in [5.74, 6) is 1.20. The van der Waals surface area contributed by atoms with Crippen molar-refractivity contribution in [1.82, 2.24) is 0 Å². The minimum Gasteiger partial charge on any atom is -1.00 e. The van der Waals surface area contributed by atoms with E-state index in [2.05, 4.69) is 168 Å². The van der Waals surface area contributed by atoms with Crippen LogP contribution in [0.3, 0.4) is 0 Å². The second-order valence-corrected chi connectivity index (χ2v) is 17.4. The number of fused-ring (bicyclic) bond motifs is 3. The average Bonchev–Trinajstić information content (AvgIpc) is 3.71. The van der Waals surface area contributed by atoms with Crippen molar-refractivity contribution < 1.29 is 49.0 Å². The number of benzene rings is 4. The van der Waals surface area contributed by atoms with Crippen LogP contribution in [0.1, 0.15) is 143 Å². The van der Waals surface area contributed by atoms with Crippen molar-refractivity contribution in [3.8, 4) is 11.1 Å². The smallest absolute Gasteiger partial charge is 0.0136 e. The molecule has 0 saturated carbocycles. The van der Waals surface area contributed by atoms with Crippen molar-refractivity contribution in [3.05, 3.63) is 153 Å². The molecule has 0 nitrogen and oxygen atoms in total. The SMILES string of the molecule is CC(C)c1ccc([C](=[Zr+2])c2ccc(C(C)C)cc2)cc1.Cc1cc2c(c(C(C)(C)C)c1)-c1cc(C(C)(C)C)c(C)[c-]c1C2.[C-]1=CC=CC1.[Cl-].[Cl-]. The molecule has 0 spiro atoms. The molecule has 0 saturated heterocycles. The van der Waals surface area contributed by atoms with Crippen LogP contribution in [0.25, 0.3) is 11.1 Å². The van der Waals surface area contributed by atoms with E-state index in [1.165, 1.54) is 94.2 Å². The first-order valence-corrected chi connectivity index (χ1v) is 18.9. The summed E-state index contributed by atoms with van der Waals surface area (Å²) >= 11 is 1.47. The van der Waals surface area contributed by atoms with E-state index in [4.69, 9.17) is 0 Å². The van der Waals surface area contributed by atoms with E-state index < -0.39 is 0 Å². The molecule has 0 heterocycles. The Bertz CT molecular complexity index is 1730. The van der Waals surface area contributed by atoms with Crippen molar-refractivity contribution in [2.45, 2.75) is 119 Å². The van der Waals surface area contributed by atoms with E-state index in [1.807, 2.05) is 12.2 Å². The normalized spacial score (nSPS) is 12.6. The Kier molecular flexibility index (Phi) is 16.2. The summed E-state index contributed by atoms with van der Waals surface area (Å²) in [5.41, 5.74) is 17.2. The van der Waals surface area contributed by atoms with Crippen LogP contribution in [0.5, 0.6) is 0 Å². The third kappa shape index (κ3) is 11.1. The monoisotopic (exact) mass is 780 g/mol. The fourth-order valence-electron chi connectivity index (χ4n) is 6.52. The third-order valence-corrected chi connectivity index (χ3v) is 10.7. The van der Waals surface area contributed by atoms with E-state index in [9.17, 15) is 0 Å². The summed E-state index contributed by atoms with van der Waals surface area (Å²) in [6, 6.07) is 29.0. The summed E-state index contributed by atoms with van der Waals surface area (Å²) in [5, 5.41) is 0. The third-order valence-electron chi connectivity index (χ3n) is 9.29. The van der Waals surface area contributed by atoms with Crippen LogP contribution in [0.2, 0.25) is 0 Å². The summed E-state index contributed by atoms with van der Waals surface area (Å²) < 4.78 is 1.43. The fraction of sp³-hybridized carbons (Fsp3) is 0.383. The van der Waals surface area contributed by atoms with E-state index in [0.29, 0.717) is 11.8 Å². The van der Waals surface area contributed by atoms with E-state index >= 15 is 0 Å². The van der Waals surface area contributed by atoms with Gasteiger partial charge in [-0.25, -0.2) is 12.2 Å². The van der Waals surface area contributed by atoms with Gasteiger partial charge in [0.15, 0.2) is 0 Å². The molecule has 4 aromatic rings. The molecule has 0 unspecified atom stereocenters. The molecule has 0 amide bonds. The van der Waals surface area contributed by atoms with Crippen LogP contribution in [0, 0.1) is 26.0 Å². The van der Waals surface area contributed by atoms with Gasteiger partial charge < -0.3 is 24.8 Å². The van der Waals surface area contributed by atoms with Crippen LogP contribution in [0.4, 0.5) is 0 Å². The second-order valence-electron chi connectivity index (χ2n) is 16.2. The topological polar surface area (TPSA) is 0 Å². The predicted molar refractivity (Wildman–Crippen MR) is 206 cm³/mol. The Morgan fingerprint density at radius 1 is 0.700 bits per heavy atom. The molecule has 0 bridgehead atoms. The molecule has 50 heavy (non-hydrogen) atoms. The van der Waals surface area contributed by atoms with Crippen LogP contribution >= 0.6 is 0 Å². The Labute approximate surface area is 332 Å². The maximum Gasteiger partial charge on any atom is -0.0136 e. The minimum atomic E-state index is 0. The van der Waals surface area contributed by atoms with Gasteiger partial charge in [-0.2, -0.15) is 23.8 Å². The predicted octanol–water partition coefficient (Wildman–Crippen LogP) is 6.63. The van der Waals surface area contributed by atoms with E-state index in [1.54, 1.807) is 0 Å². The Hall–Kier alpha value is -2.31. The van der Waals surface area contributed by atoms with Crippen molar-refractivity contribution in [1.29, 1.82) is 0 Å². The number of rotatable bonds is 4. The number of allylic oxidation sites excluding steroid dienone is 4. The molecule has 4 aromatic carbocycles. The van der Waals surface area contributed by atoms with Crippen LogP contribution in [0.15, 0.2) is 85.0 Å². The van der Waals surface area contributed by atoms with Gasteiger partial charge in [0, 0.05) is 0 Å². The molecule has 6 rings (SSSR count). The van der Waals surface area contributed by atoms with E-state index in [-0.39, 0.29) is 35.6 Å². The minimum absolute atomic E-state index is 0. The van der Waals surface area contributed by atoms with Gasteiger partial charge >= 0.3 is 138 Å². The van der Waals surface area contributed by atoms with Crippen molar-refractivity contribution in [3.63, 3.8) is 0 Å². The van der Waals surface area contributed by atoms with Gasteiger partial charge in [-0.05, 0) is 29.9 Å². The van der Waals surface area contributed by atoms with Gasteiger partial charge in [-0.3, -0.25) is 6.08 Å². The van der Waals surface area contributed by atoms with Crippen LogP contribution < -0.4 is 24.8 Å². The molecule has 0 N–H and O–H groups in total. The standard InChI is InChI=1S/C23H29.C19H22.C5H5.2ClH.Zr/c1-14-9-17-12-16-11-15(2)19(22(3,4)5)13-18(16)21(17)20(10-14)23(6,7)8;1-14(2)18-9-5-16(6-10-18)13-17-7-11-19(12-8-17)15(3)4;1-2-4-5-3-1;;;/h9-10,13H,12H2,1-8H3;5-12,14-15H,1-4H3;1-3H,4H2;2*1H;/q-1;;-1;;;+2/p-2. The van der Waals surface area contributed by atoms with Crippen molar-refractivity contribution in [2.75, 3.05) is 0 Å². The zero-order valence-electron chi connectivity index (χ0n) is 32.4. The Morgan fingerprint density at radius 3 is 1.58 bits per heavy atom. The molecule has 3 heteroatoms. The summed E-state index contributed by atoms with van der Waals surface area (Å²) in [7, 11) is 0. The van der Waals surface area contributed by atoms with Crippen molar-refractivity contribution in [2.24, 2.45) is 0 Å². The molecule has 0 radical (unpaired) electrons. The molecule has 0 aromatic heterocycles. The van der Waals surface area contributed by atoms with Gasteiger partial charge in [0.2, 0.25) is 0 Å². The first-order valence-electron chi connectivity index (χ1n) is 17.7. The number of hydrogen-bond donors (Lipinski definition) is 0. The van der Waals surface area contributed by atoms with Gasteiger partial charge in [0.1, 0.15) is 0 Å². The largest absolute Gasteiger partial charge is 1.00 e. The zero-order valence-corrected chi connectivity index (χ0v) is 36.4. The van der Waals surface area contributed by atoms with Crippen molar-refractivity contribution >= 4 is 3.21 Å². The van der Waals surface area contributed by atoms with E-state index in [0.717, 1.165) is 12.8 Å². The van der Waals surface area contributed by atoms with Gasteiger partial charge in [-0.1, -0.05) is 77.1 Å². The van der Waals surface area contributed by atoms with Gasteiger partial charge in [0.05, 0.1) is 0 Å². The fourth-order valence-corrected chi connectivity index (χ4v) is 7.34. The summed E-state index contributed by atoms with van der Waals surface area (Å²) in [4.78, 5) is 0. The Morgan fingerprint density at radius 2 is 1.20 bits per heavy atom. The van der Waals surface area contributed by atoms with Crippen LogP contribution in [-0.2, 0) is 41.5 Å². The second kappa shape index (κ2) is 18.4. The number of halogens is 2. The maximum atomic E-state index is 3.71. The Balaban J connectivity index is 0.000000295. The number of aryl methyl sites for hydroxylation is 2. The summed E-state index contributed by atoms with van der Waals surface area (Å²) in [6.45, 7) is 27.2. The zero-order chi connectivity index (χ0) is 35.4. The molecule has 0 fully saturated rings. The van der Waals surface area contributed by atoms with Gasteiger partial charge in [0.25, 0.3) is 0 Å². The first-order chi connectivity index (χ1) is 22.5. The molecular weight excluding hydrogens is 727 g/mol. The van der Waals surface area contributed by atoms with Gasteiger partial charge in [-0.15, -0.1) is 23.1 Å². The molecular formula is C47H56Cl2Zr-2. The average molecular weight is 783 g/mol. The first kappa shape index (κ1) is 43.9. The molecule has 264 valence electrons. The van der Waals surface area contributed by atoms with Crippen LogP contribution in [-0.4, -0.2) is 3.21 Å². The molecule has 2 aliphatic carbocycles. The quantitative estimate of drug-likeness (QED) is 0.180. The molecule has 0 aliphatic heterocycles. The number of hydrogen-bond acceptors (Lipinski definition) is 0. The summed E-state index contributed by atoms with van der Waals surface area (Å²) in [6.07, 6.45) is 11.0. The molecule has 2 aliphatic rings.